The molecule has 1 atom stereocenters. The van der Waals surface area contributed by atoms with Crippen LogP contribution in [0.3, 0.4) is 0 Å². The highest BCUT2D eigenvalue weighted by atomic mass is 16.6. The van der Waals surface area contributed by atoms with Gasteiger partial charge in [-0.15, -0.1) is 0 Å². The van der Waals surface area contributed by atoms with Gasteiger partial charge in [-0.1, -0.05) is 36.8 Å². The summed E-state index contributed by atoms with van der Waals surface area (Å²) in [5.41, 5.74) is -1.87. The Labute approximate surface area is 217 Å². The summed E-state index contributed by atoms with van der Waals surface area (Å²) in [4.78, 5) is 37.5. The van der Waals surface area contributed by atoms with Gasteiger partial charge in [-0.2, -0.15) is 0 Å². The number of hydrogen-bond acceptors (Lipinski definition) is 9. The molecule has 2 rings (SSSR count). The van der Waals surface area contributed by atoms with E-state index in [0.29, 0.717) is 6.42 Å². The molecule has 9 heteroatoms. The monoisotopic (exact) mass is 516 g/mol. The van der Waals surface area contributed by atoms with Crippen molar-refractivity contribution in [3.63, 3.8) is 0 Å². The summed E-state index contributed by atoms with van der Waals surface area (Å²) in [6.07, 6.45) is 0.942. The van der Waals surface area contributed by atoms with E-state index in [9.17, 15) is 19.5 Å². The molecule has 0 saturated heterocycles. The molecule has 1 unspecified atom stereocenters. The first-order valence-corrected chi connectivity index (χ1v) is 12.5. The first-order chi connectivity index (χ1) is 17.9. The van der Waals surface area contributed by atoms with Crippen LogP contribution in [0.4, 0.5) is 0 Å². The third-order valence-corrected chi connectivity index (χ3v) is 5.33. The Morgan fingerprint density at radius 2 is 1.41 bits per heavy atom. The standard InChI is InChI=1S/C28H36O9/c1-4-33-25(29)24(28(32,26(30)34-5-2)27(31)35-6-3)36-19-12-8-9-14-21-15-13-18-23(20-21)37-22-16-10-7-11-17-22/h7,10-11,13,15-18,20,24,32H,4-6,8-9,12,14,19H2,1-3H3. The van der Waals surface area contributed by atoms with E-state index >= 15 is 0 Å². The van der Waals surface area contributed by atoms with Crippen LogP contribution in [-0.4, -0.2) is 61.1 Å². The van der Waals surface area contributed by atoms with Crippen molar-refractivity contribution in [3.05, 3.63) is 60.2 Å². The lowest BCUT2D eigenvalue weighted by Gasteiger charge is -2.30. The van der Waals surface area contributed by atoms with Gasteiger partial charge in [0.1, 0.15) is 11.5 Å². The molecule has 1 N–H and O–H groups in total. The van der Waals surface area contributed by atoms with Crippen LogP contribution >= 0.6 is 0 Å². The SMILES string of the molecule is CCOC(=O)C(OCCCCCc1cccc(Oc2ccccc2)c1)C(O)(C(=O)OCC)C(=O)OCC. The van der Waals surface area contributed by atoms with Gasteiger partial charge in [0, 0.05) is 6.61 Å². The van der Waals surface area contributed by atoms with Crippen molar-refractivity contribution in [2.24, 2.45) is 0 Å². The van der Waals surface area contributed by atoms with E-state index in [1.54, 1.807) is 6.92 Å². The highest BCUT2D eigenvalue weighted by Gasteiger charge is 2.58. The van der Waals surface area contributed by atoms with Gasteiger partial charge in [0.05, 0.1) is 19.8 Å². The number of aryl methyl sites for hydroxylation is 1. The maximum atomic E-state index is 12.5. The van der Waals surface area contributed by atoms with Gasteiger partial charge in [0.2, 0.25) is 6.10 Å². The molecule has 0 aliphatic rings. The van der Waals surface area contributed by atoms with E-state index in [1.807, 2.05) is 54.6 Å². The normalized spacial score (nSPS) is 11.9. The molecule has 0 saturated carbocycles. The Hall–Kier alpha value is -3.43. The Bertz CT molecular complexity index is 972. The third-order valence-electron chi connectivity index (χ3n) is 5.33. The maximum Gasteiger partial charge on any atom is 0.353 e. The highest BCUT2D eigenvalue weighted by Crippen LogP contribution is 2.24. The molecule has 202 valence electrons. The van der Waals surface area contributed by atoms with Crippen molar-refractivity contribution < 1.29 is 43.2 Å². The molecule has 9 nitrogen and oxygen atoms in total. The Balaban J connectivity index is 1.94. The zero-order valence-electron chi connectivity index (χ0n) is 21.6. The molecule has 2 aromatic carbocycles. The van der Waals surface area contributed by atoms with Crippen molar-refractivity contribution in [1.29, 1.82) is 0 Å². The van der Waals surface area contributed by atoms with Crippen LogP contribution in [0.2, 0.25) is 0 Å². The molecule has 0 heterocycles. The Morgan fingerprint density at radius 1 is 0.784 bits per heavy atom. The molecule has 0 aliphatic carbocycles. The minimum absolute atomic E-state index is 0.00174. The summed E-state index contributed by atoms with van der Waals surface area (Å²) >= 11 is 0. The third kappa shape index (κ3) is 8.87. The number of unbranched alkanes of at least 4 members (excludes halogenated alkanes) is 2. The molecule has 37 heavy (non-hydrogen) atoms. The quantitative estimate of drug-likeness (QED) is 0.153. The molecule has 0 bridgehead atoms. The number of ether oxygens (including phenoxy) is 5. The number of hydrogen-bond donors (Lipinski definition) is 1. The first-order valence-electron chi connectivity index (χ1n) is 12.5. The first kappa shape index (κ1) is 29.8. The van der Waals surface area contributed by atoms with Crippen LogP contribution < -0.4 is 4.74 Å². The second-order valence-electron chi connectivity index (χ2n) is 8.08. The predicted octanol–water partition coefficient (Wildman–Crippen LogP) is 4.00. The van der Waals surface area contributed by atoms with E-state index in [4.69, 9.17) is 23.7 Å². The Morgan fingerprint density at radius 3 is 2.03 bits per heavy atom. The highest BCUT2D eigenvalue weighted by molar-refractivity contribution is 6.08. The molecule has 0 aliphatic heterocycles. The summed E-state index contributed by atoms with van der Waals surface area (Å²) in [6, 6.07) is 17.4. The zero-order chi connectivity index (χ0) is 27.1. The average molecular weight is 517 g/mol. The average Bonchev–Trinajstić information content (AvgIpc) is 2.89. The van der Waals surface area contributed by atoms with Gasteiger partial charge in [-0.05, 0) is 69.9 Å². The second-order valence-corrected chi connectivity index (χ2v) is 8.08. The van der Waals surface area contributed by atoms with Gasteiger partial charge < -0.3 is 28.8 Å². The van der Waals surface area contributed by atoms with Crippen LogP contribution in [0, 0.1) is 0 Å². The minimum Gasteiger partial charge on any atom is -0.464 e. The van der Waals surface area contributed by atoms with E-state index in [0.717, 1.165) is 36.3 Å². The van der Waals surface area contributed by atoms with Crippen molar-refractivity contribution in [2.75, 3.05) is 26.4 Å². The largest absolute Gasteiger partial charge is 0.464 e. The van der Waals surface area contributed by atoms with Crippen molar-refractivity contribution >= 4 is 17.9 Å². The van der Waals surface area contributed by atoms with Gasteiger partial charge in [-0.3, -0.25) is 0 Å². The lowest BCUT2D eigenvalue weighted by molar-refractivity contribution is -0.208. The number of rotatable bonds is 16. The summed E-state index contributed by atoms with van der Waals surface area (Å²) < 4.78 is 26.0. The van der Waals surface area contributed by atoms with Gasteiger partial charge in [-0.25, -0.2) is 14.4 Å². The predicted molar refractivity (Wildman–Crippen MR) is 135 cm³/mol. The minimum atomic E-state index is -2.97. The fourth-order valence-corrected chi connectivity index (χ4v) is 3.56. The summed E-state index contributed by atoms with van der Waals surface area (Å²) in [5.74, 6) is -2.20. The maximum absolute atomic E-state index is 12.5. The summed E-state index contributed by atoms with van der Waals surface area (Å²) in [5, 5.41) is 11.0. The molecule has 2 aromatic rings. The molecular weight excluding hydrogens is 480 g/mol. The Kier molecular flexibility index (Phi) is 12.6. The zero-order valence-corrected chi connectivity index (χ0v) is 21.6. The topological polar surface area (TPSA) is 118 Å². The number of carbonyl (C=O) groups excluding carboxylic acids is 3. The van der Waals surface area contributed by atoms with Crippen LogP contribution in [0.1, 0.15) is 45.6 Å². The lowest BCUT2D eigenvalue weighted by Crippen LogP contribution is -2.61. The number of para-hydroxylation sites is 1. The van der Waals surface area contributed by atoms with Crippen LogP contribution in [-0.2, 0) is 39.8 Å². The molecule has 0 spiro atoms. The van der Waals surface area contributed by atoms with Crippen molar-refractivity contribution in [2.45, 2.75) is 58.2 Å². The van der Waals surface area contributed by atoms with Gasteiger partial charge in [0.25, 0.3) is 5.60 Å². The fraction of sp³-hybridized carbons (Fsp3) is 0.464. The van der Waals surface area contributed by atoms with Crippen molar-refractivity contribution in [1.82, 2.24) is 0 Å². The summed E-state index contributed by atoms with van der Waals surface area (Å²) in [6.45, 7) is 4.31. The fourth-order valence-electron chi connectivity index (χ4n) is 3.56. The van der Waals surface area contributed by atoms with Crippen LogP contribution in [0.5, 0.6) is 11.5 Å². The molecule has 0 aromatic heterocycles. The van der Waals surface area contributed by atoms with E-state index in [2.05, 4.69) is 0 Å². The van der Waals surface area contributed by atoms with Crippen LogP contribution in [0.25, 0.3) is 0 Å². The number of benzene rings is 2. The smallest absolute Gasteiger partial charge is 0.353 e. The second kappa shape index (κ2) is 15.6. The van der Waals surface area contributed by atoms with E-state index in [-0.39, 0.29) is 26.4 Å². The molecule has 0 radical (unpaired) electrons. The van der Waals surface area contributed by atoms with Gasteiger partial charge >= 0.3 is 17.9 Å². The number of esters is 3. The number of aliphatic hydroxyl groups is 1. The number of carbonyl (C=O) groups is 3. The molecule has 0 fully saturated rings. The van der Waals surface area contributed by atoms with Crippen molar-refractivity contribution in [3.8, 4) is 11.5 Å². The van der Waals surface area contributed by atoms with E-state index < -0.39 is 29.6 Å². The lowest BCUT2D eigenvalue weighted by atomic mass is 9.96. The van der Waals surface area contributed by atoms with Gasteiger partial charge in [0.15, 0.2) is 0 Å². The molecular formula is C28H36O9. The summed E-state index contributed by atoms with van der Waals surface area (Å²) in [7, 11) is 0. The van der Waals surface area contributed by atoms with Crippen LogP contribution in [0.15, 0.2) is 54.6 Å². The van der Waals surface area contributed by atoms with E-state index in [1.165, 1.54) is 13.8 Å². The molecule has 0 amide bonds.